The van der Waals surface area contributed by atoms with E-state index in [0.29, 0.717) is 23.3 Å². The Balaban J connectivity index is 1.39. The first-order valence-electron chi connectivity index (χ1n) is 12.4. The highest BCUT2D eigenvalue weighted by atomic mass is 16.5. The highest BCUT2D eigenvalue weighted by Crippen LogP contribution is 2.35. The number of methoxy groups -OCH3 is 2. The quantitative estimate of drug-likeness (QED) is 0.462. The minimum atomic E-state index is 0.565. The Bertz CT molecular complexity index is 1150. The molecule has 3 heterocycles. The van der Waals surface area contributed by atoms with Crippen LogP contribution < -0.4 is 25.0 Å². The van der Waals surface area contributed by atoms with Gasteiger partial charge in [-0.25, -0.2) is 4.98 Å². The van der Waals surface area contributed by atoms with Gasteiger partial charge in [0.25, 0.3) is 0 Å². The lowest BCUT2D eigenvalue weighted by Gasteiger charge is -2.29. The number of benzene rings is 2. The molecule has 10 nitrogen and oxygen atoms in total. The number of hydrogen-bond acceptors (Lipinski definition) is 10. The number of rotatable bonds is 9. The van der Waals surface area contributed by atoms with Gasteiger partial charge in [0.05, 0.1) is 46.2 Å². The number of anilines is 4. The van der Waals surface area contributed by atoms with Crippen LogP contribution in [0.1, 0.15) is 0 Å². The standard InChI is InChI=1S/C26H34N6O4/c1-33-23-17-21-22(18-24(23)34-2)29-26(27-7-8-31-9-13-35-14-10-31)30-25(21)28-19-3-5-20(6-4-19)32-11-15-36-16-12-32/h3-6,17-18H,7-16H2,1-2H3,(H2,27,28,29,30). The number of nitrogens with zero attached hydrogens (tertiary/aromatic N) is 4. The van der Waals surface area contributed by atoms with Crippen molar-refractivity contribution in [2.45, 2.75) is 0 Å². The second-order valence-corrected chi connectivity index (χ2v) is 8.77. The summed E-state index contributed by atoms with van der Waals surface area (Å²) in [6.07, 6.45) is 0. The van der Waals surface area contributed by atoms with Gasteiger partial charge in [0, 0.05) is 62.1 Å². The SMILES string of the molecule is COc1cc2nc(NCCN3CCOCC3)nc(Nc3ccc(N4CCOCC4)cc3)c2cc1OC. The summed E-state index contributed by atoms with van der Waals surface area (Å²) in [5, 5.41) is 7.73. The molecule has 0 saturated carbocycles. The Morgan fingerprint density at radius 2 is 1.53 bits per heavy atom. The van der Waals surface area contributed by atoms with Crippen molar-refractivity contribution < 1.29 is 18.9 Å². The van der Waals surface area contributed by atoms with E-state index in [1.54, 1.807) is 14.2 Å². The molecule has 0 aliphatic carbocycles. The van der Waals surface area contributed by atoms with Crippen molar-refractivity contribution in [1.82, 2.24) is 14.9 Å². The molecule has 2 aromatic carbocycles. The first kappa shape index (κ1) is 24.4. The van der Waals surface area contributed by atoms with Crippen LogP contribution in [-0.4, -0.2) is 94.8 Å². The van der Waals surface area contributed by atoms with Gasteiger partial charge in [-0.2, -0.15) is 4.98 Å². The van der Waals surface area contributed by atoms with Gasteiger partial charge < -0.3 is 34.5 Å². The van der Waals surface area contributed by atoms with Gasteiger partial charge in [0.15, 0.2) is 11.5 Å². The van der Waals surface area contributed by atoms with Gasteiger partial charge in [-0.05, 0) is 30.3 Å². The van der Waals surface area contributed by atoms with Crippen molar-refractivity contribution >= 4 is 34.0 Å². The van der Waals surface area contributed by atoms with Crippen LogP contribution in [0.3, 0.4) is 0 Å². The number of aromatic nitrogens is 2. The third kappa shape index (κ3) is 5.72. The van der Waals surface area contributed by atoms with Crippen molar-refractivity contribution in [1.29, 1.82) is 0 Å². The minimum absolute atomic E-state index is 0.565. The zero-order valence-electron chi connectivity index (χ0n) is 21.0. The van der Waals surface area contributed by atoms with Crippen LogP contribution in [0, 0.1) is 0 Å². The fourth-order valence-corrected chi connectivity index (χ4v) is 4.49. The van der Waals surface area contributed by atoms with E-state index in [4.69, 9.17) is 28.9 Å². The Morgan fingerprint density at radius 3 is 2.22 bits per heavy atom. The number of hydrogen-bond donors (Lipinski definition) is 2. The predicted octanol–water partition coefficient (Wildman–Crippen LogP) is 2.97. The lowest BCUT2D eigenvalue weighted by molar-refractivity contribution is 0.0398. The number of morpholine rings is 2. The lowest BCUT2D eigenvalue weighted by atomic mass is 10.2. The van der Waals surface area contributed by atoms with Gasteiger partial charge in [0.2, 0.25) is 5.95 Å². The zero-order chi connectivity index (χ0) is 24.7. The predicted molar refractivity (Wildman–Crippen MR) is 141 cm³/mol. The van der Waals surface area contributed by atoms with Crippen LogP contribution in [-0.2, 0) is 9.47 Å². The molecule has 2 N–H and O–H groups in total. The summed E-state index contributed by atoms with van der Waals surface area (Å²) >= 11 is 0. The molecule has 192 valence electrons. The Morgan fingerprint density at radius 1 is 0.861 bits per heavy atom. The van der Waals surface area contributed by atoms with E-state index < -0.39 is 0 Å². The largest absolute Gasteiger partial charge is 0.493 e. The topological polar surface area (TPSA) is 93.2 Å². The maximum atomic E-state index is 5.54. The van der Waals surface area contributed by atoms with Crippen molar-refractivity contribution in [3.63, 3.8) is 0 Å². The van der Waals surface area contributed by atoms with E-state index in [-0.39, 0.29) is 0 Å². The molecule has 2 aliphatic heterocycles. The van der Waals surface area contributed by atoms with Crippen LogP contribution in [0.2, 0.25) is 0 Å². The third-order valence-corrected chi connectivity index (χ3v) is 6.52. The van der Waals surface area contributed by atoms with Gasteiger partial charge in [-0.3, -0.25) is 4.90 Å². The average molecular weight is 495 g/mol. The Kier molecular flexibility index (Phi) is 7.85. The average Bonchev–Trinajstić information content (AvgIpc) is 2.94. The molecule has 36 heavy (non-hydrogen) atoms. The highest BCUT2D eigenvalue weighted by Gasteiger charge is 2.16. The summed E-state index contributed by atoms with van der Waals surface area (Å²) in [6.45, 7) is 8.46. The third-order valence-electron chi connectivity index (χ3n) is 6.52. The first-order chi connectivity index (χ1) is 17.7. The molecular formula is C26H34N6O4. The Hall–Kier alpha value is -3.34. The molecule has 0 bridgehead atoms. The van der Waals surface area contributed by atoms with Crippen LogP contribution in [0.4, 0.5) is 23.1 Å². The molecule has 0 unspecified atom stereocenters. The maximum Gasteiger partial charge on any atom is 0.225 e. The molecular weight excluding hydrogens is 460 g/mol. The number of fused-ring (bicyclic) bond motifs is 1. The van der Waals surface area contributed by atoms with E-state index >= 15 is 0 Å². The van der Waals surface area contributed by atoms with E-state index in [0.717, 1.165) is 82.3 Å². The molecule has 0 spiro atoms. The van der Waals surface area contributed by atoms with Crippen LogP contribution in [0.5, 0.6) is 11.5 Å². The molecule has 2 fully saturated rings. The molecule has 5 rings (SSSR count). The molecule has 0 amide bonds. The molecule has 0 atom stereocenters. The zero-order valence-corrected chi connectivity index (χ0v) is 21.0. The van der Waals surface area contributed by atoms with Crippen molar-refractivity contribution in [3.8, 4) is 11.5 Å². The van der Waals surface area contributed by atoms with Crippen LogP contribution >= 0.6 is 0 Å². The van der Waals surface area contributed by atoms with Crippen molar-refractivity contribution in [2.24, 2.45) is 0 Å². The summed E-state index contributed by atoms with van der Waals surface area (Å²) < 4.78 is 22.0. The van der Waals surface area contributed by atoms with Gasteiger partial charge in [-0.15, -0.1) is 0 Å². The van der Waals surface area contributed by atoms with E-state index in [1.165, 1.54) is 5.69 Å². The van der Waals surface area contributed by atoms with Crippen LogP contribution in [0.15, 0.2) is 36.4 Å². The molecule has 2 saturated heterocycles. The van der Waals surface area contributed by atoms with Gasteiger partial charge in [-0.1, -0.05) is 0 Å². The molecule has 0 radical (unpaired) electrons. The smallest absolute Gasteiger partial charge is 0.225 e. The normalized spacial score (nSPS) is 16.7. The summed E-state index contributed by atoms with van der Waals surface area (Å²) in [6, 6.07) is 12.2. The van der Waals surface area contributed by atoms with E-state index in [1.807, 2.05) is 12.1 Å². The molecule has 3 aromatic rings. The minimum Gasteiger partial charge on any atom is -0.493 e. The highest BCUT2D eigenvalue weighted by molar-refractivity contribution is 5.94. The second-order valence-electron chi connectivity index (χ2n) is 8.77. The van der Waals surface area contributed by atoms with Crippen molar-refractivity contribution in [2.75, 3.05) is 95.4 Å². The fraction of sp³-hybridized carbons (Fsp3) is 0.462. The maximum absolute atomic E-state index is 5.54. The summed E-state index contributed by atoms with van der Waals surface area (Å²) in [7, 11) is 3.26. The van der Waals surface area contributed by atoms with Gasteiger partial charge in [0.1, 0.15) is 5.82 Å². The fourth-order valence-electron chi connectivity index (χ4n) is 4.49. The van der Waals surface area contributed by atoms with Crippen molar-refractivity contribution in [3.05, 3.63) is 36.4 Å². The van der Waals surface area contributed by atoms with Gasteiger partial charge >= 0.3 is 0 Å². The van der Waals surface area contributed by atoms with E-state index in [2.05, 4.69) is 44.7 Å². The van der Waals surface area contributed by atoms with E-state index in [9.17, 15) is 0 Å². The molecule has 2 aliphatic rings. The van der Waals surface area contributed by atoms with Crippen LogP contribution in [0.25, 0.3) is 10.9 Å². The lowest BCUT2D eigenvalue weighted by Crippen LogP contribution is -2.39. The summed E-state index contributed by atoms with van der Waals surface area (Å²) in [4.78, 5) is 14.3. The summed E-state index contributed by atoms with van der Waals surface area (Å²) in [5.74, 6) is 2.53. The Labute approximate surface area is 211 Å². The second kappa shape index (κ2) is 11.6. The first-order valence-corrected chi connectivity index (χ1v) is 12.4. The number of ether oxygens (including phenoxy) is 4. The molecule has 10 heteroatoms. The number of nitrogens with one attached hydrogen (secondary N) is 2. The summed E-state index contributed by atoms with van der Waals surface area (Å²) in [5.41, 5.74) is 2.90. The molecule has 1 aromatic heterocycles. The monoisotopic (exact) mass is 494 g/mol.